The monoisotopic (exact) mass is 379 g/mol. The number of carbonyl (C=O) groups excluding carboxylic acids is 1. The van der Waals surface area contributed by atoms with Gasteiger partial charge >= 0.3 is 0 Å². The number of hydrogen-bond acceptors (Lipinski definition) is 5. The summed E-state index contributed by atoms with van der Waals surface area (Å²) in [4.78, 5) is 16.4. The maximum absolute atomic E-state index is 12.7. The fourth-order valence-corrected chi connectivity index (χ4v) is 4.07. The van der Waals surface area contributed by atoms with Gasteiger partial charge in [-0.1, -0.05) is 48.0 Å². The highest BCUT2D eigenvalue weighted by molar-refractivity contribution is 7.90. The number of pyridine rings is 1. The molecule has 1 unspecified atom stereocenters. The zero-order chi connectivity index (χ0) is 18.0. The van der Waals surface area contributed by atoms with Gasteiger partial charge in [0.2, 0.25) is 0 Å². The molecule has 1 aromatic carbocycles. The van der Waals surface area contributed by atoms with Crippen LogP contribution in [0.15, 0.2) is 59.8 Å². The van der Waals surface area contributed by atoms with E-state index in [-0.39, 0.29) is 10.2 Å². The van der Waals surface area contributed by atoms with Gasteiger partial charge in [0.05, 0.1) is 0 Å². The van der Waals surface area contributed by atoms with Crippen LogP contribution in [-0.4, -0.2) is 30.8 Å². The third-order valence-electron chi connectivity index (χ3n) is 3.51. The van der Waals surface area contributed by atoms with Crippen LogP contribution in [0, 0.1) is 0 Å². The Morgan fingerprint density at radius 1 is 1.20 bits per heavy atom. The van der Waals surface area contributed by atoms with Gasteiger partial charge in [0.25, 0.3) is 15.9 Å². The molecule has 2 aromatic heterocycles. The van der Waals surface area contributed by atoms with Crippen molar-refractivity contribution < 1.29 is 17.9 Å². The molecule has 2 heterocycles. The van der Waals surface area contributed by atoms with Crippen molar-refractivity contribution in [3.05, 3.63) is 65.4 Å². The minimum atomic E-state index is -4.25. The first kappa shape index (κ1) is 17.4. The molecular formula is C16H14ClN3O4S. The SMILES string of the molecule is COC(C(=O)NS(=O)(=O)c1c(Cl)nc2ccccn12)c1ccccc1. The predicted molar refractivity (Wildman–Crippen MR) is 91.7 cm³/mol. The molecule has 1 N–H and O–H groups in total. The summed E-state index contributed by atoms with van der Waals surface area (Å²) in [6, 6.07) is 13.5. The Morgan fingerprint density at radius 3 is 2.56 bits per heavy atom. The number of amides is 1. The van der Waals surface area contributed by atoms with E-state index in [1.807, 2.05) is 4.72 Å². The minimum Gasteiger partial charge on any atom is -0.367 e. The lowest BCUT2D eigenvalue weighted by atomic mass is 10.1. The van der Waals surface area contributed by atoms with E-state index in [0.717, 1.165) is 0 Å². The number of benzene rings is 1. The standard InChI is InChI=1S/C16H14ClN3O4S/c1-24-13(11-7-3-2-4-8-11)15(21)19-25(22,23)16-14(17)18-12-9-5-6-10-20(12)16/h2-10,13H,1H3,(H,19,21). The normalized spacial score (nSPS) is 12.9. The number of carbonyl (C=O) groups is 1. The number of nitrogens with one attached hydrogen (secondary N) is 1. The topological polar surface area (TPSA) is 89.8 Å². The number of imidazole rings is 1. The quantitative estimate of drug-likeness (QED) is 0.733. The molecule has 9 heteroatoms. The molecule has 0 saturated carbocycles. The van der Waals surface area contributed by atoms with Gasteiger partial charge in [-0.2, -0.15) is 8.42 Å². The second kappa shape index (κ2) is 6.83. The second-order valence-corrected chi connectivity index (χ2v) is 7.09. The lowest BCUT2D eigenvalue weighted by Gasteiger charge is -2.15. The number of aromatic nitrogens is 2. The van der Waals surface area contributed by atoms with Crippen molar-refractivity contribution in [2.45, 2.75) is 11.1 Å². The number of methoxy groups -OCH3 is 1. The number of ether oxygens (including phenoxy) is 1. The molecule has 3 aromatic rings. The first-order valence-electron chi connectivity index (χ1n) is 7.21. The molecule has 1 atom stereocenters. The first-order chi connectivity index (χ1) is 11.9. The minimum absolute atomic E-state index is 0.222. The van der Waals surface area contributed by atoms with Crippen molar-refractivity contribution in [3.63, 3.8) is 0 Å². The lowest BCUT2D eigenvalue weighted by Crippen LogP contribution is -2.36. The third kappa shape index (κ3) is 3.37. The zero-order valence-corrected chi connectivity index (χ0v) is 14.7. The number of sulfonamides is 1. The van der Waals surface area contributed by atoms with E-state index >= 15 is 0 Å². The van der Waals surface area contributed by atoms with Crippen LogP contribution < -0.4 is 4.72 Å². The summed E-state index contributed by atoms with van der Waals surface area (Å²) in [7, 11) is -2.92. The fourth-order valence-electron chi connectivity index (χ4n) is 2.44. The Kier molecular flexibility index (Phi) is 4.76. The van der Waals surface area contributed by atoms with Gasteiger partial charge in [0.1, 0.15) is 5.65 Å². The van der Waals surface area contributed by atoms with E-state index in [2.05, 4.69) is 4.98 Å². The van der Waals surface area contributed by atoms with Crippen LogP contribution >= 0.6 is 11.6 Å². The van der Waals surface area contributed by atoms with Gasteiger partial charge in [-0.3, -0.25) is 9.20 Å². The van der Waals surface area contributed by atoms with Crippen LogP contribution in [0.4, 0.5) is 0 Å². The number of fused-ring (bicyclic) bond motifs is 1. The largest absolute Gasteiger partial charge is 0.367 e. The average Bonchev–Trinajstić information content (AvgIpc) is 2.92. The van der Waals surface area contributed by atoms with Crippen LogP contribution in [0.25, 0.3) is 5.65 Å². The van der Waals surface area contributed by atoms with E-state index < -0.39 is 22.0 Å². The van der Waals surface area contributed by atoms with Crippen LogP contribution in [-0.2, 0) is 19.6 Å². The second-order valence-electron chi connectivity index (χ2n) is 5.13. The molecule has 7 nitrogen and oxygen atoms in total. The Morgan fingerprint density at radius 2 is 1.88 bits per heavy atom. The summed E-state index contributed by atoms with van der Waals surface area (Å²) in [5.74, 6) is -0.823. The maximum atomic E-state index is 12.7. The molecule has 0 bridgehead atoms. The molecule has 0 radical (unpaired) electrons. The summed E-state index contributed by atoms with van der Waals surface area (Å²) in [5, 5.41) is -0.527. The lowest BCUT2D eigenvalue weighted by molar-refractivity contribution is -0.129. The number of rotatable bonds is 5. The molecule has 0 aliphatic heterocycles. The van der Waals surface area contributed by atoms with Crippen molar-refractivity contribution in [2.24, 2.45) is 0 Å². The van der Waals surface area contributed by atoms with Gasteiger partial charge in [0, 0.05) is 13.3 Å². The Balaban J connectivity index is 1.95. The van der Waals surface area contributed by atoms with Gasteiger partial charge in [-0.15, -0.1) is 0 Å². The van der Waals surface area contributed by atoms with Crippen molar-refractivity contribution in [2.75, 3.05) is 7.11 Å². The van der Waals surface area contributed by atoms with Crippen LogP contribution in [0.1, 0.15) is 11.7 Å². The first-order valence-corrected chi connectivity index (χ1v) is 9.07. The van der Waals surface area contributed by atoms with Gasteiger partial charge < -0.3 is 4.74 Å². The van der Waals surface area contributed by atoms with E-state index in [1.54, 1.807) is 48.5 Å². The molecule has 0 fully saturated rings. The molecule has 0 aliphatic rings. The number of nitrogens with zero attached hydrogens (tertiary/aromatic N) is 2. The smallest absolute Gasteiger partial charge is 0.283 e. The third-order valence-corrected chi connectivity index (χ3v) is 5.26. The maximum Gasteiger partial charge on any atom is 0.283 e. The highest BCUT2D eigenvalue weighted by Gasteiger charge is 2.30. The molecule has 1 amide bonds. The van der Waals surface area contributed by atoms with E-state index in [9.17, 15) is 13.2 Å². The summed E-state index contributed by atoms with van der Waals surface area (Å²) in [6.45, 7) is 0. The van der Waals surface area contributed by atoms with Crippen molar-refractivity contribution in [1.29, 1.82) is 0 Å². The Bertz CT molecular complexity index is 1020. The molecular weight excluding hydrogens is 366 g/mol. The molecule has 3 rings (SSSR count). The van der Waals surface area contributed by atoms with Crippen LogP contribution in [0.3, 0.4) is 0 Å². The zero-order valence-electron chi connectivity index (χ0n) is 13.1. The molecule has 0 spiro atoms. The van der Waals surface area contributed by atoms with E-state index in [4.69, 9.17) is 16.3 Å². The predicted octanol–water partition coefficient (Wildman–Crippen LogP) is 2.18. The summed E-state index contributed by atoms with van der Waals surface area (Å²) in [6.07, 6.45) is 0.423. The van der Waals surface area contributed by atoms with Gasteiger partial charge in [-0.25, -0.2) is 9.71 Å². The van der Waals surface area contributed by atoms with Crippen molar-refractivity contribution in [1.82, 2.24) is 14.1 Å². The molecule has 25 heavy (non-hydrogen) atoms. The highest BCUT2D eigenvalue weighted by Crippen LogP contribution is 2.23. The summed E-state index contributed by atoms with van der Waals surface area (Å²) >= 11 is 5.97. The number of halogens is 1. The fraction of sp³-hybridized carbons (Fsp3) is 0.125. The number of hydrogen-bond donors (Lipinski definition) is 1. The Labute approximate surface area is 149 Å². The van der Waals surface area contributed by atoms with Crippen LogP contribution in [0.5, 0.6) is 0 Å². The highest BCUT2D eigenvalue weighted by atomic mass is 35.5. The Hall–Kier alpha value is -2.42. The van der Waals surface area contributed by atoms with Gasteiger partial charge in [0.15, 0.2) is 16.3 Å². The van der Waals surface area contributed by atoms with Gasteiger partial charge in [-0.05, 0) is 17.7 Å². The summed E-state index contributed by atoms with van der Waals surface area (Å²) in [5.41, 5.74) is 0.883. The molecule has 0 saturated heterocycles. The van der Waals surface area contributed by atoms with Crippen molar-refractivity contribution >= 4 is 33.2 Å². The van der Waals surface area contributed by atoms with E-state index in [1.165, 1.54) is 17.7 Å². The molecule has 130 valence electrons. The molecule has 0 aliphatic carbocycles. The summed E-state index contributed by atoms with van der Waals surface area (Å²) < 4.78 is 33.8. The van der Waals surface area contributed by atoms with E-state index in [0.29, 0.717) is 11.2 Å². The van der Waals surface area contributed by atoms with Crippen LogP contribution in [0.2, 0.25) is 5.15 Å². The van der Waals surface area contributed by atoms with Crippen molar-refractivity contribution in [3.8, 4) is 0 Å². The average molecular weight is 380 g/mol.